The summed E-state index contributed by atoms with van der Waals surface area (Å²) in [5, 5.41) is 3.23. The number of carbonyl (C=O) groups excluding carboxylic acids is 1. The Labute approximate surface area is 192 Å². The van der Waals surface area contributed by atoms with Gasteiger partial charge in [0.2, 0.25) is 0 Å². The maximum Gasteiger partial charge on any atom is 0.251 e. The lowest BCUT2D eigenvalue weighted by atomic mass is 9.87. The average molecular weight is 437 g/mol. The van der Waals surface area contributed by atoms with E-state index in [0.717, 1.165) is 57.6 Å². The molecule has 1 fully saturated rings. The highest BCUT2D eigenvalue weighted by Crippen LogP contribution is 2.24. The first-order valence-electron chi connectivity index (χ1n) is 12.0. The van der Waals surface area contributed by atoms with E-state index in [-0.39, 0.29) is 18.1 Å². The molecule has 4 rings (SSSR count). The fraction of sp³-hybridized carbons (Fsp3) is 0.519. The van der Waals surface area contributed by atoms with Crippen molar-refractivity contribution in [2.24, 2.45) is 0 Å². The van der Waals surface area contributed by atoms with Gasteiger partial charge in [0.1, 0.15) is 12.4 Å². The van der Waals surface area contributed by atoms with E-state index < -0.39 is 0 Å². The first kappa shape index (κ1) is 22.8. The fourth-order valence-electron chi connectivity index (χ4n) is 4.74. The quantitative estimate of drug-likeness (QED) is 0.634. The van der Waals surface area contributed by atoms with Gasteiger partial charge in [0.05, 0.1) is 6.10 Å². The van der Waals surface area contributed by atoms with Gasteiger partial charge in [-0.2, -0.15) is 0 Å². The summed E-state index contributed by atoms with van der Waals surface area (Å²) in [5.74, 6) is 0.769. The summed E-state index contributed by atoms with van der Waals surface area (Å²) in [4.78, 5) is 15.1. The molecule has 2 aliphatic rings. The monoisotopic (exact) mass is 436 g/mol. The van der Waals surface area contributed by atoms with Crippen molar-refractivity contribution in [3.8, 4) is 5.75 Å². The summed E-state index contributed by atoms with van der Waals surface area (Å²) in [6.45, 7) is 5.73. The number of nitrogens with zero attached hydrogens (tertiary/aromatic N) is 1. The Morgan fingerprint density at radius 3 is 2.75 bits per heavy atom. The molecule has 32 heavy (non-hydrogen) atoms. The number of aryl methyl sites for hydroxylation is 1. The standard InChI is InChI=1S/C27H36N2O3/c1-3-14-29(2)18-20-6-7-23-17-24(11-8-22(23)16-20)28-27(30)21-9-12-25(13-10-21)32-19-26-5-4-15-31-26/h6-7,9-10,12-13,16,24,26H,3-5,8,11,14-15,17-19H2,1-2H3,(H,28,30)/t24-,26-/m0/s1. The molecule has 0 saturated carbocycles. The van der Waals surface area contributed by atoms with Gasteiger partial charge >= 0.3 is 0 Å². The van der Waals surface area contributed by atoms with Gasteiger partial charge in [0, 0.05) is 24.8 Å². The Kier molecular flexibility index (Phi) is 7.82. The molecule has 1 amide bonds. The molecule has 172 valence electrons. The van der Waals surface area contributed by atoms with Crippen LogP contribution < -0.4 is 10.1 Å². The summed E-state index contributed by atoms with van der Waals surface area (Å²) >= 11 is 0. The number of amides is 1. The normalized spacial score (nSPS) is 20.2. The van der Waals surface area contributed by atoms with Gasteiger partial charge < -0.3 is 19.7 Å². The fourth-order valence-corrected chi connectivity index (χ4v) is 4.74. The molecule has 2 aromatic rings. The summed E-state index contributed by atoms with van der Waals surface area (Å²) in [7, 11) is 2.18. The molecule has 1 aliphatic carbocycles. The number of hydrogen-bond donors (Lipinski definition) is 1. The van der Waals surface area contributed by atoms with Crippen LogP contribution in [0.4, 0.5) is 0 Å². The molecule has 0 spiro atoms. The third-order valence-corrected chi connectivity index (χ3v) is 6.47. The van der Waals surface area contributed by atoms with Crippen molar-refractivity contribution in [1.82, 2.24) is 10.2 Å². The van der Waals surface area contributed by atoms with Gasteiger partial charge in [0.15, 0.2) is 0 Å². The molecule has 5 nitrogen and oxygen atoms in total. The van der Waals surface area contributed by atoms with E-state index >= 15 is 0 Å². The maximum atomic E-state index is 12.8. The lowest BCUT2D eigenvalue weighted by molar-refractivity contribution is 0.0679. The molecule has 5 heteroatoms. The predicted molar refractivity (Wildman–Crippen MR) is 127 cm³/mol. The van der Waals surface area contributed by atoms with E-state index in [1.165, 1.54) is 23.1 Å². The van der Waals surface area contributed by atoms with Gasteiger partial charge in [0.25, 0.3) is 5.91 Å². The lowest BCUT2D eigenvalue weighted by Gasteiger charge is -2.26. The Morgan fingerprint density at radius 1 is 1.16 bits per heavy atom. The molecule has 1 saturated heterocycles. The van der Waals surface area contributed by atoms with Crippen LogP contribution in [0, 0.1) is 0 Å². The molecule has 1 aliphatic heterocycles. The highest BCUT2D eigenvalue weighted by Gasteiger charge is 2.21. The number of hydrogen-bond acceptors (Lipinski definition) is 4. The van der Waals surface area contributed by atoms with E-state index in [1.54, 1.807) is 0 Å². The average Bonchev–Trinajstić information content (AvgIpc) is 3.32. The van der Waals surface area contributed by atoms with E-state index in [9.17, 15) is 4.79 Å². The molecule has 0 bridgehead atoms. The van der Waals surface area contributed by atoms with E-state index in [2.05, 4.69) is 42.4 Å². The Morgan fingerprint density at radius 2 is 2.00 bits per heavy atom. The zero-order valence-corrected chi connectivity index (χ0v) is 19.4. The van der Waals surface area contributed by atoms with Crippen molar-refractivity contribution in [3.63, 3.8) is 0 Å². The Hall–Kier alpha value is -2.37. The van der Waals surface area contributed by atoms with Crippen LogP contribution in [0.5, 0.6) is 5.75 Å². The number of benzene rings is 2. The van der Waals surface area contributed by atoms with Gasteiger partial charge in [-0.15, -0.1) is 0 Å². The lowest BCUT2D eigenvalue weighted by Crippen LogP contribution is -2.38. The smallest absolute Gasteiger partial charge is 0.251 e. The predicted octanol–water partition coefficient (Wildman–Crippen LogP) is 4.37. The van der Waals surface area contributed by atoms with Crippen LogP contribution in [0.2, 0.25) is 0 Å². The second-order valence-electron chi connectivity index (χ2n) is 9.22. The molecule has 1 heterocycles. The van der Waals surface area contributed by atoms with Gasteiger partial charge in [-0.05, 0) is 93.1 Å². The van der Waals surface area contributed by atoms with Crippen molar-refractivity contribution < 1.29 is 14.3 Å². The molecular weight excluding hydrogens is 400 g/mol. The molecule has 0 aromatic heterocycles. The minimum atomic E-state index is -0.0121. The zero-order valence-electron chi connectivity index (χ0n) is 19.4. The molecule has 0 radical (unpaired) electrons. The molecular formula is C27H36N2O3. The van der Waals surface area contributed by atoms with Crippen LogP contribution in [-0.4, -0.2) is 49.8 Å². The molecule has 0 unspecified atom stereocenters. The first-order valence-corrected chi connectivity index (χ1v) is 12.0. The van der Waals surface area contributed by atoms with Crippen LogP contribution in [0.25, 0.3) is 0 Å². The maximum absolute atomic E-state index is 12.8. The molecule has 2 atom stereocenters. The van der Waals surface area contributed by atoms with Crippen LogP contribution >= 0.6 is 0 Å². The Bertz CT molecular complexity index is 890. The van der Waals surface area contributed by atoms with E-state index in [0.29, 0.717) is 12.2 Å². The van der Waals surface area contributed by atoms with Crippen LogP contribution in [0.1, 0.15) is 59.7 Å². The highest BCUT2D eigenvalue weighted by molar-refractivity contribution is 5.94. The first-order chi connectivity index (χ1) is 15.6. The topological polar surface area (TPSA) is 50.8 Å². The third-order valence-electron chi connectivity index (χ3n) is 6.47. The van der Waals surface area contributed by atoms with Crippen molar-refractivity contribution in [2.45, 2.75) is 64.1 Å². The SMILES string of the molecule is CCCN(C)Cc1ccc2c(c1)CC[C@H](NC(=O)c1ccc(OC[C@@H]3CCCO3)cc1)C2. The largest absolute Gasteiger partial charge is 0.491 e. The molecule has 2 aromatic carbocycles. The second kappa shape index (κ2) is 11.0. The molecule has 1 N–H and O–H groups in total. The van der Waals surface area contributed by atoms with Crippen LogP contribution in [-0.2, 0) is 24.1 Å². The Balaban J connectivity index is 1.28. The van der Waals surface area contributed by atoms with Gasteiger partial charge in [-0.1, -0.05) is 25.1 Å². The summed E-state index contributed by atoms with van der Waals surface area (Å²) in [5.41, 5.74) is 4.85. The van der Waals surface area contributed by atoms with E-state index in [1.807, 2.05) is 24.3 Å². The van der Waals surface area contributed by atoms with Crippen LogP contribution in [0.15, 0.2) is 42.5 Å². The van der Waals surface area contributed by atoms with Crippen molar-refractivity contribution in [2.75, 3.05) is 26.8 Å². The summed E-state index contributed by atoms with van der Waals surface area (Å²) in [6.07, 6.45) is 6.43. The number of carbonyl (C=O) groups is 1. The van der Waals surface area contributed by atoms with Gasteiger partial charge in [-0.3, -0.25) is 4.79 Å². The number of ether oxygens (including phenoxy) is 2. The van der Waals surface area contributed by atoms with Crippen molar-refractivity contribution >= 4 is 5.91 Å². The zero-order chi connectivity index (χ0) is 22.3. The summed E-state index contributed by atoms with van der Waals surface area (Å²) in [6, 6.07) is 14.5. The van der Waals surface area contributed by atoms with Gasteiger partial charge in [-0.25, -0.2) is 0 Å². The second-order valence-corrected chi connectivity index (χ2v) is 9.22. The number of rotatable bonds is 9. The van der Waals surface area contributed by atoms with E-state index in [4.69, 9.17) is 9.47 Å². The minimum absolute atomic E-state index is 0.0121. The number of fused-ring (bicyclic) bond motifs is 1. The van der Waals surface area contributed by atoms with Crippen molar-refractivity contribution in [3.05, 3.63) is 64.7 Å². The van der Waals surface area contributed by atoms with Crippen LogP contribution in [0.3, 0.4) is 0 Å². The summed E-state index contributed by atoms with van der Waals surface area (Å²) < 4.78 is 11.4. The minimum Gasteiger partial charge on any atom is -0.491 e. The third kappa shape index (κ3) is 6.11. The van der Waals surface area contributed by atoms with Crippen molar-refractivity contribution in [1.29, 1.82) is 0 Å². The number of nitrogens with one attached hydrogen (secondary N) is 1. The highest BCUT2D eigenvalue weighted by atomic mass is 16.5.